The number of ketones is 1. The van der Waals surface area contributed by atoms with Crippen LogP contribution in [-0.2, 0) is 9.59 Å². The highest BCUT2D eigenvalue weighted by atomic mass is 16.2. The van der Waals surface area contributed by atoms with E-state index < -0.39 is 0 Å². The first kappa shape index (κ1) is 24.2. The molecule has 4 amide bonds. The summed E-state index contributed by atoms with van der Waals surface area (Å²) in [5.41, 5.74) is 1.76. The summed E-state index contributed by atoms with van der Waals surface area (Å²) < 4.78 is 0. The van der Waals surface area contributed by atoms with Gasteiger partial charge in [-0.15, -0.1) is 0 Å². The van der Waals surface area contributed by atoms with Crippen LogP contribution >= 0.6 is 0 Å². The Morgan fingerprint density at radius 3 is 2.35 bits per heavy atom. The molecule has 0 radical (unpaired) electrons. The van der Waals surface area contributed by atoms with E-state index >= 15 is 0 Å². The van der Waals surface area contributed by atoms with Gasteiger partial charge in [0.15, 0.2) is 5.78 Å². The molecule has 1 aliphatic carbocycles. The van der Waals surface area contributed by atoms with Gasteiger partial charge < -0.3 is 15.1 Å². The summed E-state index contributed by atoms with van der Waals surface area (Å²) >= 11 is 0. The second-order valence-corrected chi connectivity index (χ2v) is 9.78. The van der Waals surface area contributed by atoms with Gasteiger partial charge in [-0.3, -0.25) is 19.3 Å². The number of urea groups is 1. The fourth-order valence-electron chi connectivity index (χ4n) is 5.47. The average molecular weight is 469 g/mol. The summed E-state index contributed by atoms with van der Waals surface area (Å²) in [7, 11) is 0. The molecule has 1 N–H and O–H groups in total. The maximum atomic E-state index is 13.3. The Kier molecular flexibility index (Phi) is 7.54. The lowest BCUT2D eigenvalue weighted by Crippen LogP contribution is -2.62. The molecule has 3 unspecified atom stereocenters. The van der Waals surface area contributed by atoms with Crippen LogP contribution in [0, 0.1) is 11.8 Å². The van der Waals surface area contributed by atoms with E-state index in [1.54, 1.807) is 6.92 Å². The molecule has 4 rings (SSSR count). The van der Waals surface area contributed by atoms with Crippen molar-refractivity contribution in [3.8, 4) is 0 Å². The zero-order chi connectivity index (χ0) is 24.2. The number of nitrogens with one attached hydrogen (secondary N) is 1. The standard InChI is InChI=1S/C26H36N4O4/c1-3-4-5-12-30-25(33)22-11-8-20(17-23(22)27-26(30)34)24(32)29-15-13-28(14-16-29)21-9-6-19(7-10-21)18(2)31/h6-7,9-10,20,22-23H,3-5,8,11-17H2,1-2H3,(H,27,34). The molecule has 8 nitrogen and oxygen atoms in total. The first-order valence-electron chi connectivity index (χ1n) is 12.7. The molecule has 34 heavy (non-hydrogen) atoms. The van der Waals surface area contributed by atoms with Crippen LogP contribution in [0.5, 0.6) is 0 Å². The van der Waals surface area contributed by atoms with Crippen molar-refractivity contribution in [2.75, 3.05) is 37.6 Å². The molecule has 0 aromatic heterocycles. The summed E-state index contributed by atoms with van der Waals surface area (Å²) in [5.74, 6) is -0.241. The van der Waals surface area contributed by atoms with Crippen LogP contribution in [-0.4, -0.2) is 72.2 Å². The van der Waals surface area contributed by atoms with Crippen molar-refractivity contribution in [2.45, 2.75) is 58.4 Å². The van der Waals surface area contributed by atoms with E-state index in [-0.39, 0.29) is 41.5 Å². The Balaban J connectivity index is 1.29. The van der Waals surface area contributed by atoms with Gasteiger partial charge in [0, 0.05) is 55.9 Å². The van der Waals surface area contributed by atoms with Crippen LogP contribution in [0.4, 0.5) is 10.5 Å². The summed E-state index contributed by atoms with van der Waals surface area (Å²) in [4.78, 5) is 55.7. The summed E-state index contributed by atoms with van der Waals surface area (Å²) in [6.45, 7) is 6.91. The van der Waals surface area contributed by atoms with Crippen molar-refractivity contribution < 1.29 is 19.2 Å². The molecule has 1 aromatic rings. The monoisotopic (exact) mass is 468 g/mol. The van der Waals surface area contributed by atoms with Crippen molar-refractivity contribution in [2.24, 2.45) is 11.8 Å². The van der Waals surface area contributed by atoms with Gasteiger partial charge in [0.1, 0.15) is 0 Å². The van der Waals surface area contributed by atoms with Gasteiger partial charge in [-0.2, -0.15) is 0 Å². The number of fused-ring (bicyclic) bond motifs is 1. The Morgan fingerprint density at radius 1 is 1.00 bits per heavy atom. The maximum absolute atomic E-state index is 13.3. The third kappa shape index (κ3) is 5.10. The van der Waals surface area contributed by atoms with Crippen LogP contribution in [0.3, 0.4) is 0 Å². The molecule has 2 aliphatic heterocycles. The molecule has 2 saturated heterocycles. The quantitative estimate of drug-likeness (QED) is 0.491. The number of Topliss-reactive ketones (excluding diaryl/α,β-unsaturated/α-hetero) is 1. The maximum Gasteiger partial charge on any atom is 0.324 e. The highest BCUT2D eigenvalue weighted by Crippen LogP contribution is 2.34. The molecule has 2 heterocycles. The molecule has 3 aliphatic rings. The lowest BCUT2D eigenvalue weighted by Gasteiger charge is -2.43. The SMILES string of the molecule is CCCCCN1C(=O)NC2CC(C(=O)N3CCN(c4ccc(C(C)=O)cc4)CC3)CCC2C1=O. The zero-order valence-corrected chi connectivity index (χ0v) is 20.3. The van der Waals surface area contributed by atoms with Crippen molar-refractivity contribution in [3.63, 3.8) is 0 Å². The summed E-state index contributed by atoms with van der Waals surface area (Å²) in [6, 6.07) is 7.07. The van der Waals surface area contributed by atoms with E-state index in [0.29, 0.717) is 44.5 Å². The largest absolute Gasteiger partial charge is 0.368 e. The number of carbonyl (C=O) groups excluding carboxylic acids is 4. The van der Waals surface area contributed by atoms with Crippen molar-refractivity contribution in [3.05, 3.63) is 29.8 Å². The summed E-state index contributed by atoms with van der Waals surface area (Å²) in [6.07, 6.45) is 4.75. The van der Waals surface area contributed by atoms with E-state index in [1.165, 1.54) is 4.90 Å². The number of nitrogens with zero attached hydrogens (tertiary/aromatic N) is 3. The molecule has 3 fully saturated rings. The van der Waals surface area contributed by atoms with Gasteiger partial charge >= 0.3 is 6.03 Å². The lowest BCUT2D eigenvalue weighted by molar-refractivity contribution is -0.142. The van der Waals surface area contributed by atoms with Gasteiger partial charge in [0.05, 0.1) is 5.92 Å². The third-order valence-corrected chi connectivity index (χ3v) is 7.55. The number of rotatable bonds is 7. The molecule has 0 bridgehead atoms. The topological polar surface area (TPSA) is 90.0 Å². The first-order chi connectivity index (χ1) is 16.4. The Labute approximate surface area is 201 Å². The smallest absolute Gasteiger partial charge is 0.324 e. The lowest BCUT2D eigenvalue weighted by atomic mass is 9.76. The second kappa shape index (κ2) is 10.6. The third-order valence-electron chi connectivity index (χ3n) is 7.55. The summed E-state index contributed by atoms with van der Waals surface area (Å²) in [5, 5.41) is 3.02. The van der Waals surface area contributed by atoms with Gasteiger partial charge in [-0.05, 0) is 56.9 Å². The fourth-order valence-corrected chi connectivity index (χ4v) is 5.47. The minimum atomic E-state index is -0.306. The molecule has 184 valence electrons. The first-order valence-corrected chi connectivity index (χ1v) is 12.7. The van der Waals surface area contributed by atoms with Crippen LogP contribution in [0.2, 0.25) is 0 Å². The van der Waals surface area contributed by atoms with Crippen LogP contribution in [0.15, 0.2) is 24.3 Å². The van der Waals surface area contributed by atoms with Gasteiger partial charge in [0.2, 0.25) is 11.8 Å². The molecular weight excluding hydrogens is 432 g/mol. The predicted octanol–water partition coefficient (Wildman–Crippen LogP) is 3.06. The van der Waals surface area contributed by atoms with Crippen LogP contribution < -0.4 is 10.2 Å². The van der Waals surface area contributed by atoms with Crippen molar-refractivity contribution >= 4 is 29.3 Å². The molecule has 0 spiro atoms. The molecule has 1 aromatic carbocycles. The normalized spacial score (nSPS) is 25.1. The zero-order valence-electron chi connectivity index (χ0n) is 20.3. The Hall–Kier alpha value is -2.90. The minimum Gasteiger partial charge on any atom is -0.368 e. The van der Waals surface area contributed by atoms with Gasteiger partial charge in [0.25, 0.3) is 0 Å². The molecular formula is C26H36N4O4. The van der Waals surface area contributed by atoms with Crippen molar-refractivity contribution in [1.82, 2.24) is 15.1 Å². The second-order valence-electron chi connectivity index (χ2n) is 9.78. The predicted molar refractivity (Wildman–Crippen MR) is 130 cm³/mol. The number of hydrogen-bond acceptors (Lipinski definition) is 5. The van der Waals surface area contributed by atoms with Crippen LogP contribution in [0.1, 0.15) is 62.7 Å². The Bertz CT molecular complexity index is 923. The number of anilines is 1. The number of hydrogen-bond donors (Lipinski definition) is 1. The molecule has 1 saturated carbocycles. The number of piperazine rings is 1. The Morgan fingerprint density at radius 2 is 1.71 bits per heavy atom. The van der Waals surface area contributed by atoms with E-state index in [9.17, 15) is 19.2 Å². The van der Waals surface area contributed by atoms with E-state index in [1.807, 2.05) is 29.2 Å². The van der Waals surface area contributed by atoms with Gasteiger partial charge in [-0.1, -0.05) is 19.8 Å². The number of benzene rings is 1. The average Bonchev–Trinajstić information content (AvgIpc) is 2.85. The highest BCUT2D eigenvalue weighted by Gasteiger charge is 2.45. The van der Waals surface area contributed by atoms with Crippen molar-refractivity contribution in [1.29, 1.82) is 0 Å². The highest BCUT2D eigenvalue weighted by molar-refractivity contribution is 5.99. The van der Waals surface area contributed by atoms with E-state index in [4.69, 9.17) is 0 Å². The fraction of sp³-hybridized carbons (Fsp3) is 0.615. The molecule has 8 heteroatoms. The van der Waals surface area contributed by atoms with E-state index in [2.05, 4.69) is 17.1 Å². The number of amides is 4. The van der Waals surface area contributed by atoms with E-state index in [0.717, 1.165) is 38.0 Å². The number of carbonyl (C=O) groups is 4. The number of imide groups is 1. The molecule has 3 atom stereocenters. The van der Waals surface area contributed by atoms with Crippen LogP contribution in [0.25, 0.3) is 0 Å². The minimum absolute atomic E-state index is 0.0525. The number of unbranched alkanes of at least 4 members (excludes halogenated alkanes) is 2. The van der Waals surface area contributed by atoms with Gasteiger partial charge in [-0.25, -0.2) is 4.79 Å².